The van der Waals surface area contributed by atoms with Gasteiger partial charge in [0, 0.05) is 39.3 Å². The van der Waals surface area contributed by atoms with E-state index in [4.69, 9.17) is 23.2 Å². The molecule has 0 aliphatic carbocycles. The van der Waals surface area contributed by atoms with Gasteiger partial charge in [0.05, 0.1) is 0 Å². The van der Waals surface area contributed by atoms with E-state index in [1.807, 2.05) is 35.1 Å². The topological polar surface area (TPSA) is 17.8 Å². The van der Waals surface area contributed by atoms with Crippen molar-refractivity contribution in [3.05, 3.63) is 52.6 Å². The summed E-state index contributed by atoms with van der Waals surface area (Å²) in [5, 5.41) is 7.00. The number of nitrogens with zero attached hydrogens (tertiary/aromatic N) is 2. The van der Waals surface area contributed by atoms with Crippen LogP contribution in [0.15, 0.2) is 42.6 Å². The number of benzene rings is 2. The fraction of sp³-hybridized carbons (Fsp3) is 0.133. The van der Waals surface area contributed by atoms with E-state index >= 15 is 0 Å². The predicted molar refractivity (Wildman–Crippen MR) is 80.9 cm³/mol. The first kappa shape index (κ1) is 12.5. The highest BCUT2D eigenvalue weighted by molar-refractivity contribution is 6.36. The van der Waals surface area contributed by atoms with Crippen LogP contribution in [0.4, 0.5) is 0 Å². The van der Waals surface area contributed by atoms with Gasteiger partial charge in [0.15, 0.2) is 0 Å². The second kappa shape index (κ2) is 4.87. The predicted octanol–water partition coefficient (Wildman–Crippen LogP) is 5.03. The van der Waals surface area contributed by atoms with Crippen LogP contribution in [0, 0.1) is 0 Å². The molecule has 0 aliphatic rings. The van der Waals surface area contributed by atoms with E-state index in [1.54, 1.807) is 6.07 Å². The van der Waals surface area contributed by atoms with Crippen molar-refractivity contribution in [1.82, 2.24) is 9.78 Å². The van der Waals surface area contributed by atoms with E-state index < -0.39 is 0 Å². The molecule has 19 heavy (non-hydrogen) atoms. The van der Waals surface area contributed by atoms with Crippen molar-refractivity contribution < 1.29 is 0 Å². The SMILES string of the molecule is CCn1cc2cccc(-c3ccc(Cl)cc3Cl)c2n1. The Hall–Kier alpha value is -1.51. The molecular formula is C15H12Cl2N2. The monoisotopic (exact) mass is 290 g/mol. The third-order valence-electron chi connectivity index (χ3n) is 3.13. The Kier molecular flexibility index (Phi) is 3.21. The Morgan fingerprint density at radius 2 is 1.95 bits per heavy atom. The molecule has 2 nitrogen and oxygen atoms in total. The summed E-state index contributed by atoms with van der Waals surface area (Å²) in [7, 11) is 0. The zero-order valence-electron chi connectivity index (χ0n) is 10.4. The van der Waals surface area contributed by atoms with Gasteiger partial charge in [-0.15, -0.1) is 0 Å². The lowest BCUT2D eigenvalue weighted by molar-refractivity contribution is 0.668. The molecule has 3 rings (SSSR count). The van der Waals surface area contributed by atoms with Crippen LogP contribution in [0.1, 0.15) is 6.92 Å². The van der Waals surface area contributed by atoms with E-state index in [0.29, 0.717) is 10.0 Å². The zero-order valence-corrected chi connectivity index (χ0v) is 11.9. The van der Waals surface area contributed by atoms with Crippen LogP contribution in [0.5, 0.6) is 0 Å². The lowest BCUT2D eigenvalue weighted by atomic mass is 10.0. The average molecular weight is 291 g/mol. The van der Waals surface area contributed by atoms with Gasteiger partial charge < -0.3 is 0 Å². The summed E-state index contributed by atoms with van der Waals surface area (Å²) < 4.78 is 1.93. The lowest BCUT2D eigenvalue weighted by Gasteiger charge is -2.05. The van der Waals surface area contributed by atoms with Crippen LogP contribution in [-0.4, -0.2) is 9.78 Å². The standard InChI is InChI=1S/C15H12Cl2N2/c1-2-19-9-10-4-3-5-13(15(10)18-19)12-7-6-11(16)8-14(12)17/h3-9H,2H2,1H3. The fourth-order valence-corrected chi connectivity index (χ4v) is 2.69. The molecule has 3 aromatic rings. The fourth-order valence-electron chi connectivity index (χ4n) is 2.18. The molecule has 0 aliphatic heterocycles. The first-order valence-corrected chi connectivity index (χ1v) is 6.86. The van der Waals surface area contributed by atoms with E-state index in [9.17, 15) is 0 Å². The number of aromatic nitrogens is 2. The zero-order chi connectivity index (χ0) is 13.4. The van der Waals surface area contributed by atoms with Crippen molar-refractivity contribution in [3.8, 4) is 11.1 Å². The smallest absolute Gasteiger partial charge is 0.100 e. The Bertz CT molecular complexity index is 747. The molecule has 4 heteroatoms. The van der Waals surface area contributed by atoms with Gasteiger partial charge in [0.2, 0.25) is 0 Å². The maximum Gasteiger partial charge on any atom is 0.100 e. The van der Waals surface area contributed by atoms with Crippen molar-refractivity contribution in [2.45, 2.75) is 13.5 Å². The summed E-state index contributed by atoms with van der Waals surface area (Å²) >= 11 is 12.2. The number of rotatable bonds is 2. The normalized spacial score (nSPS) is 11.1. The Morgan fingerprint density at radius 1 is 1.11 bits per heavy atom. The molecule has 0 saturated heterocycles. The second-order valence-corrected chi connectivity index (χ2v) is 5.20. The van der Waals surface area contributed by atoms with Crippen molar-refractivity contribution in [1.29, 1.82) is 0 Å². The highest BCUT2D eigenvalue weighted by Crippen LogP contribution is 2.34. The molecule has 1 heterocycles. The third-order valence-corrected chi connectivity index (χ3v) is 3.68. The molecule has 0 N–H and O–H groups in total. The van der Waals surface area contributed by atoms with Gasteiger partial charge in [-0.1, -0.05) is 47.5 Å². The van der Waals surface area contributed by atoms with E-state index in [0.717, 1.165) is 28.6 Å². The Morgan fingerprint density at radius 3 is 2.68 bits per heavy atom. The number of fused-ring (bicyclic) bond motifs is 1. The lowest BCUT2D eigenvalue weighted by Crippen LogP contribution is -1.93. The summed E-state index contributed by atoms with van der Waals surface area (Å²) in [6.07, 6.45) is 2.04. The van der Waals surface area contributed by atoms with Gasteiger partial charge in [-0.25, -0.2) is 0 Å². The largest absolute Gasteiger partial charge is 0.272 e. The van der Waals surface area contributed by atoms with Crippen molar-refractivity contribution >= 4 is 34.1 Å². The molecule has 0 atom stereocenters. The molecule has 0 radical (unpaired) electrons. The summed E-state index contributed by atoms with van der Waals surface area (Å²) in [5.74, 6) is 0. The maximum atomic E-state index is 6.29. The van der Waals surface area contributed by atoms with E-state index in [-0.39, 0.29) is 0 Å². The van der Waals surface area contributed by atoms with Crippen LogP contribution in [0.2, 0.25) is 10.0 Å². The molecule has 0 spiro atoms. The van der Waals surface area contributed by atoms with Crippen molar-refractivity contribution in [2.75, 3.05) is 0 Å². The number of hydrogen-bond acceptors (Lipinski definition) is 1. The Labute approximate surface area is 121 Å². The van der Waals surface area contributed by atoms with Crippen LogP contribution in [-0.2, 0) is 6.54 Å². The first-order valence-electron chi connectivity index (χ1n) is 6.10. The molecule has 0 amide bonds. The van der Waals surface area contributed by atoms with Gasteiger partial charge in [-0.2, -0.15) is 5.10 Å². The third kappa shape index (κ3) is 2.22. The summed E-state index contributed by atoms with van der Waals surface area (Å²) in [4.78, 5) is 0. The summed E-state index contributed by atoms with van der Waals surface area (Å²) in [5.41, 5.74) is 2.96. The van der Waals surface area contributed by atoms with Crippen molar-refractivity contribution in [2.24, 2.45) is 0 Å². The van der Waals surface area contributed by atoms with Gasteiger partial charge in [0.1, 0.15) is 5.52 Å². The number of aryl methyl sites for hydroxylation is 1. The van der Waals surface area contributed by atoms with Gasteiger partial charge in [-0.05, 0) is 19.1 Å². The minimum absolute atomic E-state index is 0.639. The van der Waals surface area contributed by atoms with Crippen molar-refractivity contribution in [3.63, 3.8) is 0 Å². The average Bonchev–Trinajstić information content (AvgIpc) is 2.82. The molecule has 2 aromatic carbocycles. The van der Waals surface area contributed by atoms with Crippen LogP contribution < -0.4 is 0 Å². The molecule has 0 saturated carbocycles. The summed E-state index contributed by atoms with van der Waals surface area (Å²) in [6, 6.07) is 11.6. The number of halogens is 2. The van der Waals surface area contributed by atoms with Gasteiger partial charge >= 0.3 is 0 Å². The van der Waals surface area contributed by atoms with Gasteiger partial charge in [0.25, 0.3) is 0 Å². The number of hydrogen-bond donors (Lipinski definition) is 0. The van der Waals surface area contributed by atoms with Crippen LogP contribution in [0.3, 0.4) is 0 Å². The first-order chi connectivity index (χ1) is 9.19. The highest BCUT2D eigenvalue weighted by atomic mass is 35.5. The minimum Gasteiger partial charge on any atom is -0.272 e. The van der Waals surface area contributed by atoms with E-state index in [2.05, 4.69) is 18.1 Å². The maximum absolute atomic E-state index is 6.29. The quantitative estimate of drug-likeness (QED) is 0.647. The Balaban J connectivity index is 2.26. The van der Waals surface area contributed by atoms with E-state index in [1.165, 1.54) is 0 Å². The molecular weight excluding hydrogens is 279 g/mol. The molecule has 0 unspecified atom stereocenters. The molecule has 1 aromatic heterocycles. The summed E-state index contributed by atoms with van der Waals surface area (Å²) in [6.45, 7) is 2.92. The minimum atomic E-state index is 0.639. The molecule has 0 fully saturated rings. The van der Waals surface area contributed by atoms with Crippen LogP contribution in [0.25, 0.3) is 22.0 Å². The highest BCUT2D eigenvalue weighted by Gasteiger charge is 2.10. The molecule has 96 valence electrons. The van der Waals surface area contributed by atoms with Crippen LogP contribution >= 0.6 is 23.2 Å². The second-order valence-electron chi connectivity index (χ2n) is 4.35. The van der Waals surface area contributed by atoms with Gasteiger partial charge in [-0.3, -0.25) is 4.68 Å². The molecule has 0 bridgehead atoms.